The van der Waals surface area contributed by atoms with Crippen molar-refractivity contribution >= 4 is 23.7 Å². The van der Waals surface area contributed by atoms with Gasteiger partial charge >= 0.3 is 6.03 Å². The highest BCUT2D eigenvalue weighted by molar-refractivity contribution is 7.99. The maximum absolute atomic E-state index is 11.8. The van der Waals surface area contributed by atoms with E-state index >= 15 is 0 Å². The average Bonchev–Trinajstić information content (AvgIpc) is 2.39. The van der Waals surface area contributed by atoms with E-state index in [-0.39, 0.29) is 11.9 Å². The van der Waals surface area contributed by atoms with Gasteiger partial charge in [-0.25, -0.2) is 4.79 Å². The molecule has 4 N–H and O–H groups in total. The van der Waals surface area contributed by atoms with Crippen LogP contribution in [0.2, 0.25) is 0 Å². The molecule has 6 heteroatoms. The number of carbonyl (C=O) groups excluding carboxylic acids is 2. The number of amides is 3. The number of urea groups is 1. The first-order chi connectivity index (χ1) is 9.43. The molecule has 0 unspecified atom stereocenters. The van der Waals surface area contributed by atoms with E-state index in [2.05, 4.69) is 17.6 Å². The van der Waals surface area contributed by atoms with Gasteiger partial charge in [0.15, 0.2) is 0 Å². The van der Waals surface area contributed by atoms with Gasteiger partial charge in [0.2, 0.25) is 5.91 Å². The zero-order chi connectivity index (χ0) is 15.1. The van der Waals surface area contributed by atoms with Crippen LogP contribution in [0.4, 0.5) is 4.79 Å². The molecule has 0 aliphatic rings. The van der Waals surface area contributed by atoms with Gasteiger partial charge in [-0.15, -0.1) is 11.8 Å². The van der Waals surface area contributed by atoms with E-state index in [4.69, 9.17) is 5.73 Å². The summed E-state index contributed by atoms with van der Waals surface area (Å²) in [6.45, 7) is 5.60. The Morgan fingerprint density at radius 1 is 1.20 bits per heavy atom. The third-order valence-corrected chi connectivity index (χ3v) is 3.70. The van der Waals surface area contributed by atoms with E-state index in [1.165, 1.54) is 4.90 Å². The minimum atomic E-state index is -0.707. The summed E-state index contributed by atoms with van der Waals surface area (Å²) in [7, 11) is 0. The number of hydrogen-bond donors (Lipinski definition) is 3. The van der Waals surface area contributed by atoms with Gasteiger partial charge in [-0.3, -0.25) is 4.79 Å². The monoisotopic (exact) mass is 295 g/mol. The van der Waals surface area contributed by atoms with Crippen LogP contribution in [0.5, 0.6) is 0 Å². The summed E-state index contributed by atoms with van der Waals surface area (Å²) in [5, 5.41) is 5.19. The molecule has 0 fully saturated rings. The maximum Gasteiger partial charge on any atom is 0.312 e. The van der Waals surface area contributed by atoms with Crippen LogP contribution >= 0.6 is 11.8 Å². The first-order valence-electron chi connectivity index (χ1n) is 6.53. The Morgan fingerprint density at radius 2 is 1.80 bits per heavy atom. The molecule has 1 rings (SSSR count). The summed E-state index contributed by atoms with van der Waals surface area (Å²) in [5.74, 6) is 0.769. The predicted octanol–water partition coefficient (Wildman–Crippen LogP) is 2.03. The molecule has 1 aromatic rings. The molecule has 0 spiro atoms. The number of nitrogens with two attached hydrogens (primary N) is 1. The van der Waals surface area contributed by atoms with Gasteiger partial charge < -0.3 is 16.4 Å². The van der Waals surface area contributed by atoms with Gasteiger partial charge in [0.25, 0.3) is 0 Å². The fourth-order valence-electron chi connectivity index (χ4n) is 1.72. The van der Waals surface area contributed by atoms with Crippen LogP contribution in [0.1, 0.15) is 32.4 Å². The van der Waals surface area contributed by atoms with Crippen LogP contribution in [-0.4, -0.2) is 23.7 Å². The Labute approximate surface area is 123 Å². The number of rotatable bonds is 6. The second kappa shape index (κ2) is 7.79. The summed E-state index contributed by atoms with van der Waals surface area (Å²) in [5.41, 5.74) is 6.00. The molecule has 110 valence electrons. The molecule has 0 aliphatic heterocycles. The Morgan fingerprint density at radius 3 is 2.30 bits per heavy atom. The molecule has 5 nitrogen and oxygen atoms in total. The fourth-order valence-corrected chi connectivity index (χ4v) is 2.38. The molecule has 3 amide bonds. The van der Waals surface area contributed by atoms with Gasteiger partial charge in [-0.1, -0.05) is 19.1 Å². The minimum Gasteiger partial charge on any atom is -0.352 e. The zero-order valence-corrected chi connectivity index (χ0v) is 12.8. The maximum atomic E-state index is 11.8. The second-order valence-electron chi connectivity index (χ2n) is 4.46. The Bertz CT molecular complexity index is 462. The van der Waals surface area contributed by atoms with Crippen molar-refractivity contribution in [3.05, 3.63) is 29.8 Å². The average molecular weight is 295 g/mol. The molecular weight excluding hydrogens is 274 g/mol. The van der Waals surface area contributed by atoms with Gasteiger partial charge in [-0.05, 0) is 37.3 Å². The van der Waals surface area contributed by atoms with Crippen molar-refractivity contribution in [3.63, 3.8) is 0 Å². The SMILES string of the molecule is CCSc1ccc([C@H](C)NC(=O)[C@@H](C)NC(N)=O)cc1. The number of thioether (sulfide) groups is 1. The standard InChI is InChI=1S/C14H21N3O2S/c1-4-20-12-7-5-11(6-8-12)9(2)16-13(18)10(3)17-14(15)19/h5-10H,4H2,1-3H3,(H,16,18)(H3,15,17,19)/t9-,10+/m0/s1. The van der Waals surface area contributed by atoms with Gasteiger partial charge in [-0.2, -0.15) is 0 Å². The lowest BCUT2D eigenvalue weighted by Gasteiger charge is -2.18. The quantitative estimate of drug-likeness (QED) is 0.702. The Balaban J connectivity index is 2.59. The largest absolute Gasteiger partial charge is 0.352 e. The van der Waals surface area contributed by atoms with Crippen molar-refractivity contribution in [1.29, 1.82) is 0 Å². The lowest BCUT2D eigenvalue weighted by Crippen LogP contribution is -2.47. The van der Waals surface area contributed by atoms with Crippen LogP contribution in [0.3, 0.4) is 0 Å². The molecule has 20 heavy (non-hydrogen) atoms. The van der Waals surface area contributed by atoms with Gasteiger partial charge in [0.1, 0.15) is 6.04 Å². The summed E-state index contributed by atoms with van der Waals surface area (Å²) in [4.78, 5) is 23.8. The van der Waals surface area contributed by atoms with E-state index in [0.29, 0.717) is 0 Å². The third-order valence-electron chi connectivity index (χ3n) is 2.80. The highest BCUT2D eigenvalue weighted by Crippen LogP contribution is 2.20. The molecule has 0 bridgehead atoms. The fraction of sp³-hybridized carbons (Fsp3) is 0.429. The number of carbonyl (C=O) groups is 2. The van der Waals surface area contributed by atoms with Crippen LogP contribution < -0.4 is 16.4 Å². The second-order valence-corrected chi connectivity index (χ2v) is 5.80. The van der Waals surface area contributed by atoms with Crippen molar-refractivity contribution < 1.29 is 9.59 Å². The summed E-state index contributed by atoms with van der Waals surface area (Å²) in [6.07, 6.45) is 0. The molecule has 0 radical (unpaired) electrons. The minimum absolute atomic E-state index is 0.125. The Hall–Kier alpha value is -1.69. The zero-order valence-electron chi connectivity index (χ0n) is 12.0. The number of nitrogens with one attached hydrogen (secondary N) is 2. The summed E-state index contributed by atoms with van der Waals surface area (Å²) in [6, 6.07) is 6.59. The van der Waals surface area contributed by atoms with E-state index in [0.717, 1.165) is 11.3 Å². The molecule has 2 atom stereocenters. The van der Waals surface area contributed by atoms with E-state index in [9.17, 15) is 9.59 Å². The van der Waals surface area contributed by atoms with Crippen molar-refractivity contribution in [2.75, 3.05) is 5.75 Å². The third kappa shape index (κ3) is 5.13. The van der Waals surface area contributed by atoms with E-state index in [1.54, 1.807) is 18.7 Å². The number of hydrogen-bond acceptors (Lipinski definition) is 3. The predicted molar refractivity (Wildman–Crippen MR) is 81.6 cm³/mol. The Kier molecular flexibility index (Phi) is 6.38. The molecule has 0 aliphatic carbocycles. The topological polar surface area (TPSA) is 84.2 Å². The lowest BCUT2D eigenvalue weighted by atomic mass is 10.1. The summed E-state index contributed by atoms with van der Waals surface area (Å²) < 4.78 is 0. The smallest absolute Gasteiger partial charge is 0.312 e. The number of primary amides is 1. The number of benzene rings is 1. The summed E-state index contributed by atoms with van der Waals surface area (Å²) >= 11 is 1.77. The van der Waals surface area contributed by atoms with Crippen LogP contribution in [-0.2, 0) is 4.79 Å². The molecule has 0 saturated heterocycles. The molecular formula is C14H21N3O2S. The van der Waals surface area contributed by atoms with E-state index in [1.807, 2.05) is 31.2 Å². The first-order valence-corrected chi connectivity index (χ1v) is 7.51. The van der Waals surface area contributed by atoms with Crippen molar-refractivity contribution in [3.8, 4) is 0 Å². The van der Waals surface area contributed by atoms with Crippen molar-refractivity contribution in [1.82, 2.24) is 10.6 Å². The van der Waals surface area contributed by atoms with Gasteiger partial charge in [0, 0.05) is 4.90 Å². The molecule has 0 saturated carbocycles. The van der Waals surface area contributed by atoms with Crippen molar-refractivity contribution in [2.24, 2.45) is 5.73 Å². The first kappa shape index (κ1) is 16.4. The van der Waals surface area contributed by atoms with Crippen molar-refractivity contribution in [2.45, 2.75) is 37.8 Å². The van der Waals surface area contributed by atoms with Crippen LogP contribution in [0.25, 0.3) is 0 Å². The molecule has 0 heterocycles. The normalized spacial score (nSPS) is 13.3. The van der Waals surface area contributed by atoms with E-state index < -0.39 is 12.1 Å². The molecule has 1 aromatic carbocycles. The lowest BCUT2D eigenvalue weighted by molar-refractivity contribution is -0.123. The molecule has 0 aromatic heterocycles. The van der Waals surface area contributed by atoms with Crippen LogP contribution in [0.15, 0.2) is 29.2 Å². The highest BCUT2D eigenvalue weighted by Gasteiger charge is 2.16. The van der Waals surface area contributed by atoms with Crippen LogP contribution in [0, 0.1) is 0 Å². The van der Waals surface area contributed by atoms with Gasteiger partial charge in [0.05, 0.1) is 6.04 Å². The highest BCUT2D eigenvalue weighted by atomic mass is 32.2.